The summed E-state index contributed by atoms with van der Waals surface area (Å²) in [4.78, 5) is 17.8. The van der Waals surface area contributed by atoms with Gasteiger partial charge in [0.15, 0.2) is 0 Å². The van der Waals surface area contributed by atoms with Crippen molar-refractivity contribution in [1.82, 2.24) is 9.88 Å². The second-order valence-electron chi connectivity index (χ2n) is 6.39. The Bertz CT molecular complexity index is 1090. The third kappa shape index (κ3) is 2.28. The number of para-hydroxylation sites is 1. The minimum atomic E-state index is -0.0843. The number of nitrogens with one attached hydrogen (secondary N) is 2. The largest absolute Gasteiger partial charge is 0.464 e. The van der Waals surface area contributed by atoms with Crippen LogP contribution in [0.5, 0.6) is 0 Å². The Balaban J connectivity index is 1.42. The number of hydrogen-bond acceptors (Lipinski definition) is 2. The Labute approximate surface area is 144 Å². The molecule has 0 fully saturated rings. The molecule has 2 N–H and O–H groups in total. The minimum Gasteiger partial charge on any atom is -0.464 e. The molecule has 0 saturated carbocycles. The lowest BCUT2D eigenvalue weighted by Crippen LogP contribution is -2.38. The maximum atomic E-state index is 12.8. The van der Waals surface area contributed by atoms with Crippen LogP contribution in [0.3, 0.4) is 0 Å². The Morgan fingerprint density at radius 3 is 3.04 bits per heavy atom. The summed E-state index contributed by atoms with van der Waals surface area (Å²) in [6.07, 6.45) is 4.38. The highest BCUT2D eigenvalue weighted by atomic mass is 16.3. The number of amides is 2. The predicted octanol–water partition coefficient (Wildman–Crippen LogP) is 4.50. The molecule has 2 aromatic carbocycles. The molecule has 3 heterocycles. The van der Waals surface area contributed by atoms with E-state index < -0.39 is 0 Å². The predicted molar refractivity (Wildman–Crippen MR) is 97.6 cm³/mol. The number of carbonyl (C=O) groups is 1. The number of urea groups is 1. The fourth-order valence-electron chi connectivity index (χ4n) is 3.61. The Kier molecular flexibility index (Phi) is 3.06. The molecule has 0 radical (unpaired) electrons. The fourth-order valence-corrected chi connectivity index (χ4v) is 3.61. The first-order valence-electron chi connectivity index (χ1n) is 8.39. The summed E-state index contributed by atoms with van der Waals surface area (Å²) < 4.78 is 5.64. The summed E-state index contributed by atoms with van der Waals surface area (Å²) in [5.74, 6) is 0. The second-order valence-corrected chi connectivity index (χ2v) is 6.39. The number of furan rings is 1. The van der Waals surface area contributed by atoms with Crippen molar-refractivity contribution in [2.24, 2.45) is 0 Å². The van der Waals surface area contributed by atoms with Crippen LogP contribution in [0.1, 0.15) is 11.1 Å². The molecule has 0 bridgehead atoms. The monoisotopic (exact) mass is 331 g/mol. The lowest BCUT2D eigenvalue weighted by molar-refractivity contribution is 0.206. The minimum absolute atomic E-state index is 0.0843. The number of benzene rings is 2. The molecule has 5 rings (SSSR count). The number of aromatic nitrogens is 1. The van der Waals surface area contributed by atoms with Gasteiger partial charge < -0.3 is 19.6 Å². The van der Waals surface area contributed by atoms with Crippen molar-refractivity contribution in [1.29, 1.82) is 0 Å². The van der Waals surface area contributed by atoms with Crippen molar-refractivity contribution < 1.29 is 9.21 Å². The van der Waals surface area contributed by atoms with E-state index in [1.807, 2.05) is 41.4 Å². The molecule has 4 aromatic rings. The number of carbonyl (C=O) groups excluding carboxylic acids is 1. The summed E-state index contributed by atoms with van der Waals surface area (Å²) >= 11 is 0. The Morgan fingerprint density at radius 1 is 1.16 bits per heavy atom. The van der Waals surface area contributed by atoms with Gasteiger partial charge in [0.05, 0.1) is 18.5 Å². The maximum Gasteiger partial charge on any atom is 0.322 e. The molecule has 0 aliphatic carbocycles. The SMILES string of the molecule is O=C(Nc1c[nH]c2ccccc12)N1CCc2ccc3ccoc3c2C1. The molecule has 5 heteroatoms. The van der Waals surface area contributed by atoms with Gasteiger partial charge in [0, 0.05) is 34.6 Å². The number of H-pyrrole nitrogens is 1. The summed E-state index contributed by atoms with van der Waals surface area (Å²) in [5.41, 5.74) is 5.09. The van der Waals surface area contributed by atoms with E-state index in [1.165, 1.54) is 5.56 Å². The van der Waals surface area contributed by atoms with Crippen LogP contribution >= 0.6 is 0 Å². The summed E-state index contributed by atoms with van der Waals surface area (Å²) in [5, 5.41) is 5.13. The molecule has 1 aliphatic heterocycles. The normalized spacial score (nSPS) is 14.0. The topological polar surface area (TPSA) is 61.3 Å². The van der Waals surface area contributed by atoms with Crippen LogP contribution in [0.25, 0.3) is 21.9 Å². The van der Waals surface area contributed by atoms with E-state index in [0.29, 0.717) is 13.1 Å². The van der Waals surface area contributed by atoms with Crippen molar-refractivity contribution in [3.8, 4) is 0 Å². The van der Waals surface area contributed by atoms with Gasteiger partial charge in [-0.1, -0.05) is 30.3 Å². The van der Waals surface area contributed by atoms with Gasteiger partial charge in [-0.25, -0.2) is 4.79 Å². The average Bonchev–Trinajstić information content (AvgIpc) is 3.28. The number of rotatable bonds is 1. The van der Waals surface area contributed by atoms with Crippen molar-refractivity contribution in [3.05, 3.63) is 66.1 Å². The van der Waals surface area contributed by atoms with E-state index in [4.69, 9.17) is 4.42 Å². The van der Waals surface area contributed by atoms with Gasteiger partial charge in [-0.2, -0.15) is 0 Å². The molecule has 25 heavy (non-hydrogen) atoms. The van der Waals surface area contributed by atoms with E-state index in [2.05, 4.69) is 22.4 Å². The number of fused-ring (bicyclic) bond motifs is 4. The Hall–Kier alpha value is -3.21. The van der Waals surface area contributed by atoms with Crippen LogP contribution in [0.15, 0.2) is 59.3 Å². The zero-order chi connectivity index (χ0) is 16.8. The molecular formula is C20H17N3O2. The van der Waals surface area contributed by atoms with Crippen LogP contribution in [-0.2, 0) is 13.0 Å². The lowest BCUT2D eigenvalue weighted by atomic mass is 9.98. The first kappa shape index (κ1) is 14.2. The van der Waals surface area contributed by atoms with Crippen molar-refractivity contribution in [2.75, 3.05) is 11.9 Å². The van der Waals surface area contributed by atoms with Crippen LogP contribution < -0.4 is 5.32 Å². The molecule has 2 amide bonds. The first-order chi connectivity index (χ1) is 12.3. The second kappa shape index (κ2) is 5.41. The fraction of sp³-hybridized carbons (Fsp3) is 0.150. The zero-order valence-electron chi connectivity index (χ0n) is 13.6. The number of nitrogens with zero attached hydrogens (tertiary/aromatic N) is 1. The molecule has 0 unspecified atom stereocenters. The third-order valence-electron chi connectivity index (χ3n) is 4.94. The highest BCUT2D eigenvalue weighted by molar-refractivity contribution is 6.01. The van der Waals surface area contributed by atoms with Crippen molar-refractivity contribution >= 4 is 33.6 Å². The van der Waals surface area contributed by atoms with Crippen LogP contribution in [0.4, 0.5) is 10.5 Å². The molecular weight excluding hydrogens is 314 g/mol. The molecule has 124 valence electrons. The standard InChI is InChI=1S/C20H17N3O2/c24-20(22-18-11-21-17-4-2-1-3-15(17)18)23-9-7-13-5-6-14-8-10-25-19(14)16(13)12-23/h1-6,8,10-11,21H,7,9,12H2,(H,22,24). The van der Waals surface area contributed by atoms with Gasteiger partial charge >= 0.3 is 6.03 Å². The highest BCUT2D eigenvalue weighted by Gasteiger charge is 2.24. The van der Waals surface area contributed by atoms with Gasteiger partial charge in [-0.05, 0) is 24.1 Å². The maximum absolute atomic E-state index is 12.8. The smallest absolute Gasteiger partial charge is 0.322 e. The van der Waals surface area contributed by atoms with Gasteiger partial charge in [0.25, 0.3) is 0 Å². The Morgan fingerprint density at radius 2 is 2.08 bits per heavy atom. The van der Waals surface area contributed by atoms with Crippen molar-refractivity contribution in [3.63, 3.8) is 0 Å². The quantitative estimate of drug-likeness (QED) is 0.539. The van der Waals surface area contributed by atoms with Crippen LogP contribution in [0, 0.1) is 0 Å². The molecule has 2 aromatic heterocycles. The first-order valence-corrected chi connectivity index (χ1v) is 8.39. The summed E-state index contributed by atoms with van der Waals surface area (Å²) in [7, 11) is 0. The molecule has 5 nitrogen and oxygen atoms in total. The van der Waals surface area contributed by atoms with Gasteiger partial charge in [0.1, 0.15) is 5.58 Å². The van der Waals surface area contributed by atoms with Crippen molar-refractivity contribution in [2.45, 2.75) is 13.0 Å². The zero-order valence-corrected chi connectivity index (χ0v) is 13.6. The molecule has 0 saturated heterocycles. The van der Waals surface area contributed by atoms with E-state index in [1.54, 1.807) is 6.26 Å². The average molecular weight is 331 g/mol. The number of hydrogen-bond donors (Lipinski definition) is 2. The molecule has 0 spiro atoms. The molecule has 1 aliphatic rings. The summed E-state index contributed by atoms with van der Waals surface area (Å²) in [6, 6.07) is 14.0. The van der Waals surface area contributed by atoms with E-state index in [-0.39, 0.29) is 6.03 Å². The van der Waals surface area contributed by atoms with E-state index in [0.717, 1.165) is 39.5 Å². The van der Waals surface area contributed by atoms with E-state index >= 15 is 0 Å². The van der Waals surface area contributed by atoms with Crippen LogP contribution in [0.2, 0.25) is 0 Å². The number of anilines is 1. The van der Waals surface area contributed by atoms with Gasteiger partial charge in [-0.3, -0.25) is 0 Å². The number of aromatic amines is 1. The summed E-state index contributed by atoms with van der Waals surface area (Å²) in [6.45, 7) is 1.27. The van der Waals surface area contributed by atoms with Crippen LogP contribution in [-0.4, -0.2) is 22.5 Å². The molecule has 0 atom stereocenters. The van der Waals surface area contributed by atoms with Gasteiger partial charge in [-0.15, -0.1) is 0 Å². The lowest BCUT2D eigenvalue weighted by Gasteiger charge is -2.29. The third-order valence-corrected chi connectivity index (χ3v) is 4.94. The highest BCUT2D eigenvalue weighted by Crippen LogP contribution is 2.29. The van der Waals surface area contributed by atoms with Gasteiger partial charge in [0.2, 0.25) is 0 Å². The van der Waals surface area contributed by atoms with E-state index in [9.17, 15) is 4.79 Å².